The molecule has 654 valence electrons. The number of carboxylic acids is 1. The molecule has 0 saturated heterocycles. The van der Waals surface area contributed by atoms with Crippen LogP contribution in [0.4, 0.5) is 0 Å². The van der Waals surface area contributed by atoms with Crippen LogP contribution in [0.15, 0.2) is 75.9 Å². The lowest BCUT2D eigenvalue weighted by atomic mass is 9.95. The van der Waals surface area contributed by atoms with E-state index in [1.165, 1.54) is 0 Å². The normalized spacial score (nSPS) is 14.9. The predicted molar refractivity (Wildman–Crippen MR) is 450 cm³/mol. The van der Waals surface area contributed by atoms with Gasteiger partial charge in [-0.1, -0.05) is 118 Å². The zero-order valence-electron chi connectivity index (χ0n) is 69.5. The third-order valence-corrected chi connectivity index (χ3v) is 20.3. The van der Waals surface area contributed by atoms with Gasteiger partial charge in [0.2, 0.25) is 70.9 Å². The van der Waals surface area contributed by atoms with Crippen LogP contribution in [0, 0.1) is 29.6 Å². The molecule has 118 heavy (non-hydrogen) atoms. The van der Waals surface area contributed by atoms with Crippen LogP contribution in [0.2, 0.25) is 0 Å². The van der Waals surface area contributed by atoms with Gasteiger partial charge in [0.15, 0.2) is 17.9 Å². The summed E-state index contributed by atoms with van der Waals surface area (Å²) < 4.78 is 0. The Hall–Kier alpha value is -11.6. The summed E-state index contributed by atoms with van der Waals surface area (Å²) in [6.45, 7) is 17.5. The Balaban J connectivity index is 1.73. The maximum Gasteiger partial charge on any atom is 0.326 e. The van der Waals surface area contributed by atoms with E-state index in [1.54, 1.807) is 124 Å². The van der Waals surface area contributed by atoms with E-state index in [9.17, 15) is 43.5 Å². The number of rotatable bonds is 54. The highest BCUT2D eigenvalue weighted by Crippen LogP contribution is 2.23. The largest absolute Gasteiger partial charge is 0.480 e. The molecular formula is C79H129N25O14. The van der Waals surface area contributed by atoms with Gasteiger partial charge in [-0.25, -0.2) is 4.79 Å². The minimum Gasteiger partial charge on any atom is -0.480 e. The smallest absolute Gasteiger partial charge is 0.326 e. The molecule has 0 saturated carbocycles. The maximum atomic E-state index is 15.3. The van der Waals surface area contributed by atoms with Crippen molar-refractivity contribution in [2.75, 3.05) is 26.2 Å². The number of H-pyrrole nitrogens is 2. The van der Waals surface area contributed by atoms with Crippen molar-refractivity contribution in [3.05, 3.63) is 72.1 Å². The molecule has 14 atom stereocenters. The molecule has 4 aromatic rings. The quantitative estimate of drug-likeness (QED) is 0.0132. The Labute approximate surface area is 688 Å². The SMILES string of the molecule is CC[C@H](C)[C@H](NC(=O)[C@H](CCCN=C(N)N)NC(=O)[C@H](Cc1c[nH]c2ccccc12)NC(=O)[C@@H](NC(=O)[C@@H](NC(=O)[C@H](CC(C)C)NC(=O)[C@H](Cc1c[nH]c2ccccc12)NC(=O)[C@H](CCCN=C(N)N)NC(=O)[C@H](CCC(N)=O)NC(=O)[C@@H](N)C(C)C)[C@@H](C)CC)C(C)C)C(=O)N[C@@H](CCCN=C(N)N)C(=O)N[C@@H](CCCCN)C(=O)O. The number of unbranched alkanes of at least 4 members (excludes halogenated alkanes) is 1. The Morgan fingerprint density at radius 2 is 0.720 bits per heavy atom. The number of nitrogens with one attached hydrogen (secondary N) is 13. The van der Waals surface area contributed by atoms with Crippen molar-refractivity contribution in [2.45, 2.75) is 244 Å². The summed E-state index contributed by atoms with van der Waals surface area (Å²) in [6.07, 6.45) is 3.86. The van der Waals surface area contributed by atoms with Crippen LogP contribution in [-0.4, -0.2) is 208 Å². The molecule has 2 aromatic heterocycles. The number of amides is 12. The molecule has 0 bridgehead atoms. The lowest BCUT2D eigenvalue weighted by molar-refractivity contribution is -0.142. The van der Waals surface area contributed by atoms with Crippen LogP contribution in [0.5, 0.6) is 0 Å². The Kier molecular flexibility index (Phi) is 41.9. The summed E-state index contributed by atoms with van der Waals surface area (Å²) in [5.74, 6) is -14.6. The van der Waals surface area contributed by atoms with Crippen molar-refractivity contribution in [3.63, 3.8) is 0 Å². The van der Waals surface area contributed by atoms with Gasteiger partial charge in [0, 0.05) is 73.1 Å². The Morgan fingerprint density at radius 3 is 1.11 bits per heavy atom. The number of carbonyl (C=O) groups excluding carboxylic acids is 12. The summed E-state index contributed by atoms with van der Waals surface area (Å²) in [5, 5.41) is 41.6. The van der Waals surface area contributed by atoms with E-state index >= 15 is 24.0 Å². The van der Waals surface area contributed by atoms with Crippen LogP contribution in [-0.2, 0) is 75.2 Å². The average Bonchev–Trinajstić information content (AvgIpc) is 1.57. The number of fused-ring (bicyclic) bond motifs is 2. The zero-order valence-corrected chi connectivity index (χ0v) is 69.5. The van der Waals surface area contributed by atoms with E-state index in [-0.39, 0.29) is 126 Å². The lowest BCUT2D eigenvalue weighted by Gasteiger charge is -2.31. The first-order valence-electron chi connectivity index (χ1n) is 40.4. The molecule has 0 spiro atoms. The first kappa shape index (κ1) is 98.7. The summed E-state index contributed by atoms with van der Waals surface area (Å²) in [4.78, 5) is 204. The highest BCUT2D eigenvalue weighted by Gasteiger charge is 2.40. The number of aliphatic carboxylic acids is 1. The third-order valence-electron chi connectivity index (χ3n) is 20.3. The molecule has 2 heterocycles. The fraction of sp³-hybridized carbons (Fsp3) is 0.595. The molecule has 0 aliphatic carbocycles. The first-order chi connectivity index (χ1) is 55.8. The van der Waals surface area contributed by atoms with E-state index < -0.39 is 167 Å². The van der Waals surface area contributed by atoms with Gasteiger partial charge in [0.1, 0.15) is 66.5 Å². The van der Waals surface area contributed by atoms with Gasteiger partial charge in [-0.2, -0.15) is 0 Å². The Bertz CT molecular complexity index is 4090. The first-order valence-corrected chi connectivity index (χ1v) is 40.4. The second-order valence-electron chi connectivity index (χ2n) is 31.0. The number of carboxylic acid groups (broad SMARTS) is 1. The van der Waals surface area contributed by atoms with Crippen LogP contribution < -0.4 is 110 Å². The fourth-order valence-corrected chi connectivity index (χ4v) is 12.9. The number of aromatic amines is 2. The molecule has 4 rings (SSSR count). The molecule has 2 aromatic carbocycles. The zero-order chi connectivity index (χ0) is 88.0. The van der Waals surface area contributed by atoms with Gasteiger partial charge in [0.05, 0.1) is 6.04 Å². The van der Waals surface area contributed by atoms with Crippen molar-refractivity contribution < 1.29 is 67.4 Å². The molecule has 0 fully saturated rings. The standard InChI is InChI=1S/C79H129N25O14/c1-11-44(9)63(74(115)97-53(28-20-34-90-78(85)86)65(106)98-56(76(117)118)26-17-18-32-80)103-68(109)54(29-21-35-91-79(87)88)95-69(110)59(38-47-40-93-51-25-16-14-23-49(47)51)101-73(114)62(43(7)8)102-75(116)64(45(10)12-2)104-71(112)57(36-41(3)4)99-70(111)58(37-46-39-92-50-24-15-13-22-48(46)50)100-66(107)52(27-19-33-89-77(83)84)94-67(108)55(30-31-60(81)105)96-72(113)61(82)42(5)6/h13-16,22-25,39-45,52-59,61-64,92-93H,11-12,17-21,26-38,80,82H2,1-10H3,(H2,81,105)(H,94,108)(H,95,110)(H,96,113)(H,97,115)(H,98,106)(H,99,111)(H,100,107)(H,101,114)(H,102,116)(H,103,109)(H,104,112)(H,117,118)(H4,83,84,89)(H4,85,86,90)(H4,87,88,91)/t44-,45-,52-,53-,54-,55-,56-,57-,58-,59-,61-,62-,63-,64-/m0/s1. The van der Waals surface area contributed by atoms with Gasteiger partial charge < -0.3 is 125 Å². The van der Waals surface area contributed by atoms with Gasteiger partial charge in [-0.15, -0.1) is 0 Å². The van der Waals surface area contributed by atoms with E-state index in [0.717, 1.165) is 0 Å². The second kappa shape index (κ2) is 50.1. The van der Waals surface area contributed by atoms with Crippen molar-refractivity contribution in [2.24, 2.45) is 96.2 Å². The molecule has 0 unspecified atom stereocenters. The van der Waals surface area contributed by atoms with Crippen LogP contribution in [0.1, 0.15) is 170 Å². The number of aromatic nitrogens is 2. The number of aliphatic imine (C=N–C) groups is 3. The maximum absolute atomic E-state index is 15.3. The number of nitrogens with zero attached hydrogens (tertiary/aromatic N) is 3. The predicted octanol–water partition coefficient (Wildman–Crippen LogP) is -1.82. The molecule has 0 aliphatic rings. The highest BCUT2D eigenvalue weighted by molar-refractivity contribution is 6.00. The number of nitrogens with two attached hydrogens (primary N) is 9. The number of primary amides is 1. The van der Waals surface area contributed by atoms with Gasteiger partial charge >= 0.3 is 5.97 Å². The van der Waals surface area contributed by atoms with E-state index in [0.29, 0.717) is 65.2 Å². The lowest BCUT2D eigenvalue weighted by Crippen LogP contribution is -2.62. The van der Waals surface area contributed by atoms with Gasteiger partial charge in [-0.05, 0) is 130 Å². The summed E-state index contributed by atoms with van der Waals surface area (Å²) in [7, 11) is 0. The number of benzene rings is 2. The van der Waals surface area contributed by atoms with Crippen molar-refractivity contribution >= 4 is 117 Å². The van der Waals surface area contributed by atoms with Crippen molar-refractivity contribution in [1.29, 1.82) is 0 Å². The number of guanidine groups is 3. The van der Waals surface area contributed by atoms with Crippen molar-refractivity contribution in [3.8, 4) is 0 Å². The highest BCUT2D eigenvalue weighted by atomic mass is 16.4. The van der Waals surface area contributed by atoms with E-state index in [2.05, 4.69) is 83.4 Å². The number of carbonyl (C=O) groups is 13. The van der Waals surface area contributed by atoms with Crippen LogP contribution in [0.3, 0.4) is 0 Å². The van der Waals surface area contributed by atoms with E-state index in [1.807, 2.05) is 6.07 Å². The number of para-hydroxylation sites is 2. The summed E-state index contributed by atoms with van der Waals surface area (Å²) in [6, 6.07) is -2.23. The van der Waals surface area contributed by atoms with Gasteiger partial charge in [0.25, 0.3) is 0 Å². The fourth-order valence-electron chi connectivity index (χ4n) is 12.9. The molecule has 39 heteroatoms. The topological polar surface area (TPSA) is 677 Å². The Morgan fingerprint density at radius 1 is 0.390 bits per heavy atom. The van der Waals surface area contributed by atoms with E-state index in [4.69, 9.17) is 51.6 Å². The molecule has 12 amide bonds. The van der Waals surface area contributed by atoms with Crippen LogP contribution >= 0.6 is 0 Å². The minimum atomic E-state index is -1.51. The monoisotopic (exact) mass is 1650 g/mol. The summed E-state index contributed by atoms with van der Waals surface area (Å²) in [5.41, 5.74) is 53.4. The molecular weight excluding hydrogens is 1520 g/mol. The average molecular weight is 1650 g/mol. The molecule has 0 aliphatic heterocycles. The van der Waals surface area contributed by atoms with Crippen molar-refractivity contribution in [1.82, 2.24) is 68.5 Å². The molecule has 39 nitrogen and oxygen atoms in total. The van der Waals surface area contributed by atoms with Crippen LogP contribution in [0.25, 0.3) is 21.8 Å². The second-order valence-corrected chi connectivity index (χ2v) is 31.0. The van der Waals surface area contributed by atoms with Gasteiger partial charge in [-0.3, -0.25) is 72.5 Å². The minimum absolute atomic E-state index is 0.00620. The summed E-state index contributed by atoms with van der Waals surface area (Å²) >= 11 is 0. The third kappa shape index (κ3) is 33.2. The number of hydrogen-bond donors (Lipinski definition) is 23. The molecule has 32 N–H and O–H groups in total. The molecule has 0 radical (unpaired) electrons. The number of hydrogen-bond acceptors (Lipinski definition) is 18.